The van der Waals surface area contributed by atoms with Gasteiger partial charge in [-0.15, -0.1) is 0 Å². The second-order valence-corrected chi connectivity index (χ2v) is 5.69. The van der Waals surface area contributed by atoms with Crippen molar-refractivity contribution in [2.45, 2.75) is 27.3 Å². The highest BCUT2D eigenvalue weighted by Gasteiger charge is 2.10. The van der Waals surface area contributed by atoms with E-state index in [-0.39, 0.29) is 6.03 Å². The van der Waals surface area contributed by atoms with Gasteiger partial charge in [-0.1, -0.05) is 17.7 Å². The number of carbonyl (C=O) groups excluding carboxylic acids is 1. The average Bonchev–Trinajstić information content (AvgIpc) is 2.84. The third-order valence-electron chi connectivity index (χ3n) is 3.87. The molecule has 6 heteroatoms. The number of urea groups is 1. The molecule has 2 aromatic carbocycles. The van der Waals surface area contributed by atoms with Crippen LogP contribution in [-0.4, -0.2) is 10.6 Å². The fraction of sp³-hybridized carbons (Fsp3) is 0.222. The van der Waals surface area contributed by atoms with Gasteiger partial charge in [0.15, 0.2) is 5.58 Å². The van der Waals surface area contributed by atoms with Crippen molar-refractivity contribution in [1.82, 2.24) is 4.57 Å². The number of hydrogen-bond donors (Lipinski definition) is 2. The van der Waals surface area contributed by atoms with Crippen molar-refractivity contribution in [2.24, 2.45) is 0 Å². The molecule has 0 bridgehead atoms. The van der Waals surface area contributed by atoms with Crippen molar-refractivity contribution in [2.75, 3.05) is 10.6 Å². The Balaban J connectivity index is 1.79. The maximum Gasteiger partial charge on any atom is 0.419 e. The Bertz CT molecular complexity index is 969. The van der Waals surface area contributed by atoms with E-state index in [9.17, 15) is 9.59 Å². The molecule has 1 heterocycles. The number of nitrogens with zero attached hydrogens (tertiary/aromatic N) is 1. The van der Waals surface area contributed by atoms with Crippen LogP contribution in [0.4, 0.5) is 16.2 Å². The maximum atomic E-state index is 12.2. The number of rotatable bonds is 3. The molecule has 0 radical (unpaired) electrons. The van der Waals surface area contributed by atoms with Gasteiger partial charge in [0.25, 0.3) is 0 Å². The van der Waals surface area contributed by atoms with Crippen molar-refractivity contribution in [3.63, 3.8) is 0 Å². The van der Waals surface area contributed by atoms with E-state index in [1.807, 2.05) is 39.0 Å². The molecule has 0 saturated carbocycles. The fourth-order valence-electron chi connectivity index (χ4n) is 2.68. The lowest BCUT2D eigenvalue weighted by Crippen LogP contribution is -2.19. The zero-order chi connectivity index (χ0) is 17.3. The quantitative estimate of drug-likeness (QED) is 0.767. The minimum Gasteiger partial charge on any atom is -0.408 e. The number of aryl methyl sites for hydroxylation is 3. The van der Waals surface area contributed by atoms with Gasteiger partial charge in [-0.05, 0) is 44.5 Å². The number of nitrogens with one attached hydrogen (secondary N) is 2. The minimum atomic E-state index is -0.399. The molecule has 0 aliphatic carbocycles. The van der Waals surface area contributed by atoms with E-state index in [1.165, 1.54) is 4.57 Å². The number of carbonyl (C=O) groups is 1. The zero-order valence-electron chi connectivity index (χ0n) is 13.8. The Morgan fingerprint density at radius 1 is 1.12 bits per heavy atom. The summed E-state index contributed by atoms with van der Waals surface area (Å²) in [4.78, 5) is 23.9. The van der Waals surface area contributed by atoms with Crippen LogP contribution < -0.4 is 16.4 Å². The Morgan fingerprint density at radius 2 is 1.92 bits per heavy atom. The monoisotopic (exact) mass is 325 g/mol. The molecule has 6 nitrogen and oxygen atoms in total. The summed E-state index contributed by atoms with van der Waals surface area (Å²) in [6.07, 6.45) is 0. The first-order valence-corrected chi connectivity index (χ1v) is 7.76. The highest BCUT2D eigenvalue weighted by molar-refractivity contribution is 6.01. The predicted molar refractivity (Wildman–Crippen MR) is 94.7 cm³/mol. The van der Waals surface area contributed by atoms with Crippen LogP contribution in [0.5, 0.6) is 0 Å². The molecular formula is C18H19N3O3. The van der Waals surface area contributed by atoms with E-state index in [0.717, 1.165) is 16.8 Å². The van der Waals surface area contributed by atoms with Crippen LogP contribution in [0.1, 0.15) is 18.1 Å². The standard InChI is InChI=1S/C18H19N3O3/c1-4-21-15-8-6-13(10-16(15)24-18(21)23)19-17(22)20-14-7-5-11(2)9-12(14)3/h5-10H,4H2,1-3H3,(H2,19,20,22). The molecule has 2 N–H and O–H groups in total. The van der Waals surface area contributed by atoms with Gasteiger partial charge in [0.2, 0.25) is 0 Å². The summed E-state index contributed by atoms with van der Waals surface area (Å²) < 4.78 is 6.73. The smallest absolute Gasteiger partial charge is 0.408 e. The Hall–Kier alpha value is -3.02. The van der Waals surface area contributed by atoms with Crippen molar-refractivity contribution in [3.05, 3.63) is 58.1 Å². The molecule has 0 unspecified atom stereocenters. The van der Waals surface area contributed by atoms with Gasteiger partial charge in [0.05, 0.1) is 5.52 Å². The van der Waals surface area contributed by atoms with Gasteiger partial charge in [0.1, 0.15) is 0 Å². The molecule has 0 saturated heterocycles. The van der Waals surface area contributed by atoms with E-state index in [4.69, 9.17) is 4.42 Å². The second-order valence-electron chi connectivity index (χ2n) is 5.69. The summed E-state index contributed by atoms with van der Waals surface area (Å²) in [5.74, 6) is -0.399. The lowest BCUT2D eigenvalue weighted by molar-refractivity contribution is 0.262. The van der Waals surface area contributed by atoms with Gasteiger partial charge in [-0.2, -0.15) is 0 Å². The summed E-state index contributed by atoms with van der Waals surface area (Å²) in [5, 5.41) is 5.56. The summed E-state index contributed by atoms with van der Waals surface area (Å²) in [6.45, 7) is 6.35. The Morgan fingerprint density at radius 3 is 2.62 bits per heavy atom. The van der Waals surface area contributed by atoms with Crippen LogP contribution in [0.3, 0.4) is 0 Å². The van der Waals surface area contributed by atoms with E-state index in [1.54, 1.807) is 18.2 Å². The SMILES string of the molecule is CCn1c(=O)oc2cc(NC(=O)Nc3ccc(C)cc3C)ccc21. The number of anilines is 2. The first-order chi connectivity index (χ1) is 11.5. The third kappa shape index (κ3) is 3.03. The molecule has 0 fully saturated rings. The molecule has 0 aliphatic rings. The lowest BCUT2D eigenvalue weighted by atomic mass is 10.1. The number of amides is 2. The van der Waals surface area contributed by atoms with E-state index >= 15 is 0 Å². The molecule has 0 aliphatic heterocycles. The molecular weight excluding hydrogens is 306 g/mol. The largest absolute Gasteiger partial charge is 0.419 e. The normalized spacial score (nSPS) is 10.8. The highest BCUT2D eigenvalue weighted by Crippen LogP contribution is 2.20. The van der Waals surface area contributed by atoms with Gasteiger partial charge >= 0.3 is 11.8 Å². The topological polar surface area (TPSA) is 76.3 Å². The van der Waals surface area contributed by atoms with E-state index < -0.39 is 5.76 Å². The molecule has 24 heavy (non-hydrogen) atoms. The first-order valence-electron chi connectivity index (χ1n) is 7.76. The third-order valence-corrected chi connectivity index (χ3v) is 3.87. The molecule has 124 valence electrons. The number of aromatic nitrogens is 1. The van der Waals surface area contributed by atoms with Gasteiger partial charge < -0.3 is 15.1 Å². The summed E-state index contributed by atoms with van der Waals surface area (Å²) in [5.41, 5.74) is 4.60. The van der Waals surface area contributed by atoms with Crippen LogP contribution in [0.15, 0.2) is 45.6 Å². The minimum absolute atomic E-state index is 0.349. The molecule has 0 spiro atoms. The lowest BCUT2D eigenvalue weighted by Gasteiger charge is -2.10. The first kappa shape index (κ1) is 15.9. The van der Waals surface area contributed by atoms with E-state index in [2.05, 4.69) is 10.6 Å². The van der Waals surface area contributed by atoms with E-state index in [0.29, 0.717) is 23.3 Å². The van der Waals surface area contributed by atoms with Crippen molar-refractivity contribution >= 4 is 28.5 Å². The molecule has 0 atom stereocenters. The van der Waals surface area contributed by atoms with Crippen LogP contribution in [0.25, 0.3) is 11.1 Å². The number of benzene rings is 2. The molecule has 3 aromatic rings. The van der Waals surface area contributed by atoms with Gasteiger partial charge in [0, 0.05) is 24.0 Å². The zero-order valence-corrected chi connectivity index (χ0v) is 13.8. The Labute approximate surface area is 139 Å². The van der Waals surface area contributed by atoms with Crippen LogP contribution in [-0.2, 0) is 6.54 Å². The van der Waals surface area contributed by atoms with Gasteiger partial charge in [-0.3, -0.25) is 4.57 Å². The average molecular weight is 325 g/mol. The summed E-state index contributed by atoms with van der Waals surface area (Å²) >= 11 is 0. The van der Waals surface area contributed by atoms with Crippen molar-refractivity contribution in [3.8, 4) is 0 Å². The summed E-state index contributed by atoms with van der Waals surface area (Å²) in [7, 11) is 0. The summed E-state index contributed by atoms with van der Waals surface area (Å²) in [6, 6.07) is 10.6. The number of fused-ring (bicyclic) bond motifs is 1. The predicted octanol–water partition coefficient (Wildman–Crippen LogP) is 3.88. The van der Waals surface area contributed by atoms with Gasteiger partial charge in [-0.25, -0.2) is 9.59 Å². The van der Waals surface area contributed by atoms with Crippen LogP contribution in [0.2, 0.25) is 0 Å². The maximum absolute atomic E-state index is 12.2. The van der Waals surface area contributed by atoms with Crippen LogP contribution in [0, 0.1) is 13.8 Å². The molecule has 1 aromatic heterocycles. The number of oxazole rings is 1. The van der Waals surface area contributed by atoms with Crippen LogP contribution >= 0.6 is 0 Å². The highest BCUT2D eigenvalue weighted by atomic mass is 16.4. The fourth-order valence-corrected chi connectivity index (χ4v) is 2.68. The molecule has 2 amide bonds. The molecule has 3 rings (SSSR count). The van der Waals surface area contributed by atoms with Crippen molar-refractivity contribution in [1.29, 1.82) is 0 Å². The number of hydrogen-bond acceptors (Lipinski definition) is 3. The Kier molecular flexibility index (Phi) is 4.12. The second kappa shape index (κ2) is 6.23. The van der Waals surface area contributed by atoms with Crippen molar-refractivity contribution < 1.29 is 9.21 Å².